The Bertz CT molecular complexity index is 1350. The van der Waals surface area contributed by atoms with E-state index in [0.717, 1.165) is 22.5 Å². The maximum absolute atomic E-state index is 13.8. The van der Waals surface area contributed by atoms with E-state index in [0.29, 0.717) is 29.6 Å². The molecule has 0 saturated carbocycles. The number of hydrogen-bond donors (Lipinski definition) is 2. The maximum Gasteiger partial charge on any atom is 0.162 e. The highest BCUT2D eigenvalue weighted by Gasteiger charge is 2.46. The highest BCUT2D eigenvalue weighted by molar-refractivity contribution is 6.19. The molecular weight excluding hydrogens is 432 g/mol. The van der Waals surface area contributed by atoms with Crippen molar-refractivity contribution >= 4 is 23.1 Å². The Labute approximate surface area is 206 Å². The minimum absolute atomic E-state index is 0.0336. The summed E-state index contributed by atoms with van der Waals surface area (Å²) in [4.78, 5) is 15.7. The molecule has 1 atom stereocenters. The van der Waals surface area contributed by atoms with Crippen molar-refractivity contribution < 1.29 is 9.90 Å². The summed E-state index contributed by atoms with van der Waals surface area (Å²) >= 11 is 0. The van der Waals surface area contributed by atoms with E-state index in [1.165, 1.54) is 0 Å². The number of ketones is 1. The molecule has 0 spiro atoms. The number of aliphatic hydroxyl groups is 1. The molecule has 0 aromatic heterocycles. The molecule has 4 nitrogen and oxygen atoms in total. The van der Waals surface area contributed by atoms with Crippen LogP contribution < -0.4 is 4.90 Å². The Balaban J connectivity index is 1.85. The maximum atomic E-state index is 13.8. The highest BCUT2D eigenvalue weighted by atomic mass is 16.3. The fraction of sp³-hybridized carbons (Fsp3) is 0.226. The number of Topliss-reactive ketones (excluding diaryl/α,β-unsaturated/α-hetero) is 1. The van der Waals surface area contributed by atoms with Gasteiger partial charge >= 0.3 is 0 Å². The van der Waals surface area contributed by atoms with Crippen molar-refractivity contribution in [2.45, 2.75) is 39.5 Å². The molecule has 3 aromatic rings. The molecule has 2 aliphatic rings. The number of aryl methyl sites for hydroxylation is 1. The van der Waals surface area contributed by atoms with E-state index in [2.05, 4.69) is 13.8 Å². The molecule has 1 aliphatic heterocycles. The third-order valence-electron chi connectivity index (χ3n) is 6.95. The number of amidine groups is 1. The van der Waals surface area contributed by atoms with E-state index in [-0.39, 0.29) is 22.8 Å². The lowest BCUT2D eigenvalue weighted by Crippen LogP contribution is -2.45. The zero-order chi connectivity index (χ0) is 24.7. The van der Waals surface area contributed by atoms with E-state index in [1.54, 1.807) is 0 Å². The van der Waals surface area contributed by atoms with Crippen molar-refractivity contribution in [2.24, 2.45) is 5.41 Å². The topological polar surface area (TPSA) is 64.4 Å². The van der Waals surface area contributed by atoms with Gasteiger partial charge in [-0.15, -0.1) is 0 Å². The zero-order valence-corrected chi connectivity index (χ0v) is 20.4. The molecule has 0 fully saturated rings. The number of nitrogens with one attached hydrogen (secondary N) is 1. The molecule has 35 heavy (non-hydrogen) atoms. The SMILES string of the molecule is Cc1ccc(C2C(=C(O)c3ccccc3)C(=N)N(c3ccccc3)C3=C2C(=O)CC(C)(C)C3)cc1. The standard InChI is InChI=1S/C31H30N2O2/c1-20-14-16-21(17-15-20)26-27-24(18-31(2,3)19-25(27)34)33(23-12-8-5-9-13-23)30(32)28(26)29(35)22-10-6-4-7-11-22/h4-17,26,32,35H,18-19H2,1-3H3. The van der Waals surface area contributed by atoms with Crippen LogP contribution in [0.4, 0.5) is 5.69 Å². The fourth-order valence-corrected chi connectivity index (χ4v) is 5.32. The smallest absolute Gasteiger partial charge is 0.162 e. The molecule has 3 aromatic carbocycles. The molecular formula is C31H30N2O2. The number of rotatable bonds is 3. The van der Waals surface area contributed by atoms with Gasteiger partial charge in [-0.3, -0.25) is 15.1 Å². The lowest BCUT2D eigenvalue weighted by molar-refractivity contribution is -0.118. The molecule has 1 aliphatic carbocycles. The number of benzene rings is 3. The minimum Gasteiger partial charge on any atom is -0.507 e. The molecule has 176 valence electrons. The summed E-state index contributed by atoms with van der Waals surface area (Å²) in [5, 5.41) is 21.0. The van der Waals surface area contributed by atoms with Crippen molar-refractivity contribution in [3.05, 3.63) is 118 Å². The number of aliphatic hydroxyl groups excluding tert-OH is 1. The van der Waals surface area contributed by atoms with Crippen molar-refractivity contribution in [2.75, 3.05) is 4.90 Å². The van der Waals surface area contributed by atoms with Crippen LogP contribution in [-0.2, 0) is 4.79 Å². The van der Waals surface area contributed by atoms with Crippen LogP contribution in [0.25, 0.3) is 5.76 Å². The van der Waals surface area contributed by atoms with Gasteiger partial charge in [-0.25, -0.2) is 0 Å². The van der Waals surface area contributed by atoms with Crippen LogP contribution in [0.1, 0.15) is 49.3 Å². The molecule has 1 heterocycles. The summed E-state index contributed by atoms with van der Waals surface area (Å²) < 4.78 is 0. The second kappa shape index (κ2) is 8.70. The lowest BCUT2D eigenvalue weighted by Gasteiger charge is -2.45. The van der Waals surface area contributed by atoms with Gasteiger partial charge in [0.25, 0.3) is 0 Å². The Kier molecular flexibility index (Phi) is 5.68. The molecule has 4 heteroatoms. The predicted octanol–water partition coefficient (Wildman–Crippen LogP) is 7.19. The predicted molar refractivity (Wildman–Crippen MR) is 142 cm³/mol. The third kappa shape index (κ3) is 4.10. The molecule has 0 bridgehead atoms. The van der Waals surface area contributed by atoms with Gasteiger partial charge in [0.05, 0.1) is 0 Å². The van der Waals surface area contributed by atoms with Gasteiger partial charge in [0.1, 0.15) is 11.6 Å². The Morgan fingerprint density at radius 1 is 0.914 bits per heavy atom. The first-order valence-corrected chi connectivity index (χ1v) is 12.0. The summed E-state index contributed by atoms with van der Waals surface area (Å²) in [5.41, 5.74) is 5.25. The normalized spacial score (nSPS) is 21.1. The summed E-state index contributed by atoms with van der Waals surface area (Å²) in [6, 6.07) is 27.1. The van der Waals surface area contributed by atoms with Crippen LogP contribution in [0.3, 0.4) is 0 Å². The second-order valence-electron chi connectivity index (χ2n) is 10.3. The molecule has 0 radical (unpaired) electrons. The van der Waals surface area contributed by atoms with Crippen LogP contribution in [0.2, 0.25) is 0 Å². The van der Waals surface area contributed by atoms with E-state index in [4.69, 9.17) is 0 Å². The summed E-state index contributed by atoms with van der Waals surface area (Å²) in [5.74, 6) is -0.200. The first kappa shape index (κ1) is 22.9. The van der Waals surface area contributed by atoms with E-state index in [1.807, 2.05) is 96.8 Å². The average molecular weight is 463 g/mol. The minimum atomic E-state index is -0.512. The van der Waals surface area contributed by atoms with Crippen LogP contribution in [0.15, 0.2) is 102 Å². The molecule has 2 N–H and O–H groups in total. The third-order valence-corrected chi connectivity index (χ3v) is 6.95. The number of carbonyl (C=O) groups is 1. The van der Waals surface area contributed by atoms with Gasteiger partial charge in [-0.05, 0) is 36.5 Å². The highest BCUT2D eigenvalue weighted by Crippen LogP contribution is 2.51. The molecule has 5 rings (SSSR count). The monoisotopic (exact) mass is 462 g/mol. The largest absolute Gasteiger partial charge is 0.507 e. The van der Waals surface area contributed by atoms with E-state index >= 15 is 0 Å². The zero-order valence-electron chi connectivity index (χ0n) is 20.4. The molecule has 0 saturated heterocycles. The first-order valence-electron chi connectivity index (χ1n) is 12.0. The lowest BCUT2D eigenvalue weighted by atomic mass is 9.67. The fourth-order valence-electron chi connectivity index (χ4n) is 5.32. The summed E-state index contributed by atoms with van der Waals surface area (Å²) in [6.07, 6.45) is 1.11. The van der Waals surface area contributed by atoms with Crippen molar-refractivity contribution in [3.8, 4) is 0 Å². The number of carbonyl (C=O) groups excluding carboxylic acids is 1. The van der Waals surface area contributed by atoms with Crippen LogP contribution in [0.5, 0.6) is 0 Å². The molecule has 1 unspecified atom stereocenters. The number of para-hydroxylation sites is 1. The first-order chi connectivity index (χ1) is 16.8. The van der Waals surface area contributed by atoms with Crippen molar-refractivity contribution in [1.29, 1.82) is 5.41 Å². The van der Waals surface area contributed by atoms with Crippen molar-refractivity contribution in [1.82, 2.24) is 0 Å². The average Bonchev–Trinajstić information content (AvgIpc) is 2.84. The van der Waals surface area contributed by atoms with Gasteiger partial charge in [-0.1, -0.05) is 92.2 Å². The van der Waals surface area contributed by atoms with Gasteiger partial charge in [0.2, 0.25) is 0 Å². The van der Waals surface area contributed by atoms with Gasteiger partial charge < -0.3 is 5.11 Å². The van der Waals surface area contributed by atoms with Crippen LogP contribution >= 0.6 is 0 Å². The van der Waals surface area contributed by atoms with E-state index < -0.39 is 5.92 Å². The Hall–Kier alpha value is -3.92. The quantitative estimate of drug-likeness (QED) is 0.405. The van der Waals surface area contributed by atoms with Gasteiger partial charge in [0.15, 0.2) is 5.78 Å². The summed E-state index contributed by atoms with van der Waals surface area (Å²) in [6.45, 7) is 6.24. The number of allylic oxidation sites excluding steroid dienone is 2. The molecule has 0 amide bonds. The van der Waals surface area contributed by atoms with Crippen molar-refractivity contribution in [3.63, 3.8) is 0 Å². The number of anilines is 1. The van der Waals surface area contributed by atoms with Crippen LogP contribution in [-0.4, -0.2) is 16.7 Å². The Morgan fingerprint density at radius 3 is 2.14 bits per heavy atom. The summed E-state index contributed by atoms with van der Waals surface area (Å²) in [7, 11) is 0. The van der Waals surface area contributed by atoms with E-state index in [9.17, 15) is 15.3 Å². The van der Waals surface area contributed by atoms with Gasteiger partial charge in [0, 0.05) is 40.4 Å². The Morgan fingerprint density at radius 2 is 1.51 bits per heavy atom. The van der Waals surface area contributed by atoms with Gasteiger partial charge in [-0.2, -0.15) is 0 Å². The number of nitrogens with zero attached hydrogens (tertiary/aromatic N) is 1. The van der Waals surface area contributed by atoms with Crippen LogP contribution in [0, 0.1) is 17.7 Å². The number of hydrogen-bond acceptors (Lipinski definition) is 3. The second-order valence-corrected chi connectivity index (χ2v) is 10.3.